The van der Waals surface area contributed by atoms with E-state index in [-0.39, 0.29) is 0 Å². The van der Waals surface area contributed by atoms with Crippen LogP contribution in [0.5, 0.6) is 0 Å². The predicted molar refractivity (Wildman–Crippen MR) is 108 cm³/mol. The Hall–Kier alpha value is -2.04. The number of hydrogen-bond donors (Lipinski definition) is 0. The van der Waals surface area contributed by atoms with Crippen LogP contribution in [-0.2, 0) is 19.5 Å². The summed E-state index contributed by atoms with van der Waals surface area (Å²) in [6.07, 6.45) is 3.06. The van der Waals surface area contributed by atoms with Gasteiger partial charge in [0.15, 0.2) is 0 Å². The lowest BCUT2D eigenvalue weighted by Crippen LogP contribution is -2.30. The van der Waals surface area contributed by atoms with Crippen molar-refractivity contribution in [3.8, 4) is 10.4 Å². The van der Waals surface area contributed by atoms with Crippen molar-refractivity contribution in [2.75, 3.05) is 6.54 Å². The second-order valence-electron chi connectivity index (χ2n) is 7.40. The summed E-state index contributed by atoms with van der Waals surface area (Å²) in [5.41, 5.74) is 5.22. The second kappa shape index (κ2) is 7.29. The maximum absolute atomic E-state index is 4.77. The molecule has 3 heterocycles. The molecule has 1 aliphatic heterocycles. The van der Waals surface area contributed by atoms with Gasteiger partial charge in [-0.2, -0.15) is 0 Å². The van der Waals surface area contributed by atoms with Gasteiger partial charge in [0, 0.05) is 59.2 Å². The van der Waals surface area contributed by atoms with Crippen LogP contribution >= 0.6 is 11.3 Å². The minimum Gasteiger partial charge on any atom is -0.293 e. The fourth-order valence-corrected chi connectivity index (χ4v) is 4.62. The molecule has 1 aromatic carbocycles. The van der Waals surface area contributed by atoms with Gasteiger partial charge in [-0.25, -0.2) is 9.97 Å². The number of nitrogens with zero attached hydrogens (tertiary/aromatic N) is 3. The number of thiophene rings is 1. The number of aryl methyl sites for hydroxylation is 1. The third-order valence-electron chi connectivity index (χ3n) is 5.00. The van der Waals surface area contributed by atoms with E-state index in [1.165, 1.54) is 32.1 Å². The molecule has 3 nitrogen and oxygen atoms in total. The molecule has 4 rings (SSSR count). The first-order valence-corrected chi connectivity index (χ1v) is 10.1. The largest absolute Gasteiger partial charge is 0.293 e. The van der Waals surface area contributed by atoms with Crippen molar-refractivity contribution in [2.24, 2.45) is 0 Å². The van der Waals surface area contributed by atoms with Gasteiger partial charge < -0.3 is 0 Å². The van der Waals surface area contributed by atoms with Crippen LogP contribution in [0.25, 0.3) is 10.4 Å². The number of benzene rings is 1. The second-order valence-corrected chi connectivity index (χ2v) is 8.56. The molecule has 0 bridgehead atoms. The molecule has 0 aliphatic carbocycles. The van der Waals surface area contributed by atoms with Crippen LogP contribution in [0.15, 0.2) is 42.6 Å². The highest BCUT2D eigenvalue weighted by molar-refractivity contribution is 7.15. The third kappa shape index (κ3) is 3.57. The molecule has 0 N–H and O–H groups in total. The molecule has 0 saturated carbocycles. The minimum atomic E-state index is 0.393. The summed E-state index contributed by atoms with van der Waals surface area (Å²) in [4.78, 5) is 14.6. The van der Waals surface area contributed by atoms with Gasteiger partial charge >= 0.3 is 0 Å². The standard InChI is InChI=1S/C22H25N3S/c1-15(2)22-23-12-17-13-25(11-10-20(17)24-22)14-18-8-9-21(26-18)19-7-5-4-6-16(19)3/h4-9,12,15H,10-11,13-14H2,1-3H3. The van der Waals surface area contributed by atoms with E-state index in [2.05, 4.69) is 67.1 Å². The van der Waals surface area contributed by atoms with Crippen LogP contribution in [0, 0.1) is 6.92 Å². The molecule has 0 amide bonds. The highest BCUT2D eigenvalue weighted by Crippen LogP contribution is 2.31. The molecule has 4 heteroatoms. The van der Waals surface area contributed by atoms with Crippen molar-refractivity contribution in [3.63, 3.8) is 0 Å². The number of rotatable bonds is 4. The first kappa shape index (κ1) is 17.4. The van der Waals surface area contributed by atoms with Gasteiger partial charge in [-0.1, -0.05) is 38.1 Å². The van der Waals surface area contributed by atoms with Crippen LogP contribution < -0.4 is 0 Å². The van der Waals surface area contributed by atoms with Crippen LogP contribution in [0.4, 0.5) is 0 Å². The van der Waals surface area contributed by atoms with Crippen LogP contribution in [0.1, 0.15) is 47.3 Å². The van der Waals surface area contributed by atoms with Crippen LogP contribution in [-0.4, -0.2) is 21.4 Å². The Labute approximate surface area is 159 Å². The van der Waals surface area contributed by atoms with E-state index in [9.17, 15) is 0 Å². The monoisotopic (exact) mass is 363 g/mol. The number of hydrogen-bond acceptors (Lipinski definition) is 4. The first-order valence-electron chi connectivity index (χ1n) is 9.32. The first-order chi connectivity index (χ1) is 12.6. The van der Waals surface area contributed by atoms with Gasteiger partial charge in [0.05, 0.1) is 0 Å². The predicted octanol–water partition coefficient (Wildman–Crippen LogP) is 5.20. The molecule has 0 unspecified atom stereocenters. The normalized spacial score (nSPS) is 14.6. The fourth-order valence-electron chi connectivity index (χ4n) is 3.48. The molecule has 1 aliphatic rings. The molecule has 2 aromatic heterocycles. The number of aromatic nitrogens is 2. The van der Waals surface area contributed by atoms with Crippen molar-refractivity contribution in [2.45, 2.75) is 46.2 Å². The molecular weight excluding hydrogens is 338 g/mol. The fraction of sp³-hybridized carbons (Fsp3) is 0.364. The van der Waals surface area contributed by atoms with Gasteiger partial charge in [0.1, 0.15) is 5.82 Å². The maximum atomic E-state index is 4.77. The summed E-state index contributed by atoms with van der Waals surface area (Å²) in [7, 11) is 0. The van der Waals surface area contributed by atoms with Gasteiger partial charge in [0.2, 0.25) is 0 Å². The third-order valence-corrected chi connectivity index (χ3v) is 6.10. The average molecular weight is 364 g/mol. The Morgan fingerprint density at radius 3 is 2.81 bits per heavy atom. The Bertz CT molecular complexity index is 913. The van der Waals surface area contributed by atoms with Crippen LogP contribution in [0.3, 0.4) is 0 Å². The summed E-state index contributed by atoms with van der Waals surface area (Å²) >= 11 is 1.91. The molecule has 0 saturated heterocycles. The lowest BCUT2D eigenvalue weighted by atomic mass is 10.1. The maximum Gasteiger partial charge on any atom is 0.131 e. The zero-order valence-electron chi connectivity index (χ0n) is 15.7. The van der Waals surface area contributed by atoms with E-state index in [1.54, 1.807) is 0 Å². The summed E-state index contributed by atoms with van der Waals surface area (Å²) in [5.74, 6) is 1.36. The molecular formula is C22H25N3S. The molecule has 0 radical (unpaired) electrons. The summed E-state index contributed by atoms with van der Waals surface area (Å²) < 4.78 is 0. The van der Waals surface area contributed by atoms with E-state index in [4.69, 9.17) is 4.98 Å². The molecule has 134 valence electrons. The summed E-state index contributed by atoms with van der Waals surface area (Å²) in [6, 6.07) is 13.2. The molecule has 0 atom stereocenters. The topological polar surface area (TPSA) is 29.0 Å². The van der Waals surface area contributed by atoms with E-state index in [0.717, 1.165) is 31.9 Å². The van der Waals surface area contributed by atoms with E-state index in [0.29, 0.717) is 5.92 Å². The highest BCUT2D eigenvalue weighted by atomic mass is 32.1. The summed E-state index contributed by atoms with van der Waals surface area (Å²) in [5, 5.41) is 0. The minimum absolute atomic E-state index is 0.393. The van der Waals surface area contributed by atoms with Gasteiger partial charge in [0.25, 0.3) is 0 Å². The summed E-state index contributed by atoms with van der Waals surface area (Å²) in [6.45, 7) is 9.51. The zero-order valence-corrected chi connectivity index (χ0v) is 16.5. The van der Waals surface area contributed by atoms with Crippen molar-refractivity contribution in [3.05, 3.63) is 70.1 Å². The van der Waals surface area contributed by atoms with Gasteiger partial charge in [-0.3, -0.25) is 4.90 Å². The van der Waals surface area contributed by atoms with E-state index >= 15 is 0 Å². The van der Waals surface area contributed by atoms with Crippen molar-refractivity contribution in [1.29, 1.82) is 0 Å². The van der Waals surface area contributed by atoms with Crippen molar-refractivity contribution < 1.29 is 0 Å². The Balaban J connectivity index is 1.47. The lowest BCUT2D eigenvalue weighted by Gasteiger charge is -2.27. The lowest BCUT2D eigenvalue weighted by molar-refractivity contribution is 0.244. The van der Waals surface area contributed by atoms with Gasteiger partial charge in [-0.05, 0) is 30.2 Å². The number of fused-ring (bicyclic) bond motifs is 1. The zero-order chi connectivity index (χ0) is 18.1. The van der Waals surface area contributed by atoms with E-state index in [1.807, 2.05) is 17.5 Å². The highest BCUT2D eigenvalue weighted by Gasteiger charge is 2.20. The molecule has 0 spiro atoms. The average Bonchev–Trinajstić information content (AvgIpc) is 3.09. The van der Waals surface area contributed by atoms with Crippen LogP contribution in [0.2, 0.25) is 0 Å². The van der Waals surface area contributed by atoms with E-state index < -0.39 is 0 Å². The Kier molecular flexibility index (Phi) is 4.88. The smallest absolute Gasteiger partial charge is 0.131 e. The SMILES string of the molecule is Cc1ccccc1-c1ccc(CN2CCc3nc(C(C)C)ncc3C2)s1. The Morgan fingerprint density at radius 2 is 2.00 bits per heavy atom. The Morgan fingerprint density at radius 1 is 1.15 bits per heavy atom. The quantitative estimate of drug-likeness (QED) is 0.638. The molecule has 0 fully saturated rings. The molecule has 26 heavy (non-hydrogen) atoms. The molecule has 3 aromatic rings. The van der Waals surface area contributed by atoms with Crippen molar-refractivity contribution in [1.82, 2.24) is 14.9 Å². The van der Waals surface area contributed by atoms with Gasteiger partial charge in [-0.15, -0.1) is 11.3 Å². The van der Waals surface area contributed by atoms with Crippen molar-refractivity contribution >= 4 is 11.3 Å².